The molecule has 1 aliphatic carbocycles. The Labute approximate surface area is 81.2 Å². The summed E-state index contributed by atoms with van der Waals surface area (Å²) in [6, 6.07) is 0. The Bertz CT molecular complexity index is 193. The molecule has 2 aliphatic heterocycles. The van der Waals surface area contributed by atoms with Gasteiger partial charge in [0, 0.05) is 0 Å². The summed E-state index contributed by atoms with van der Waals surface area (Å²) in [4.78, 5) is 0. The van der Waals surface area contributed by atoms with E-state index >= 15 is 0 Å². The molecule has 2 saturated heterocycles. The number of ether oxygens (including phenoxy) is 1. The Hall–Kier alpha value is -0.300. The first-order valence-corrected chi connectivity index (χ1v) is 5.40. The first-order chi connectivity index (χ1) is 6.13. The minimum atomic E-state index is 0.0522. The third-order valence-electron chi connectivity index (χ3n) is 4.34. The van der Waals surface area contributed by atoms with Crippen LogP contribution >= 0.6 is 0 Å². The van der Waals surface area contributed by atoms with E-state index in [4.69, 9.17) is 4.74 Å². The quantitative estimate of drug-likeness (QED) is 0.593. The van der Waals surface area contributed by atoms with Crippen LogP contribution in [0.15, 0.2) is 12.7 Å². The molecule has 1 saturated carbocycles. The molecule has 1 heteroatoms. The van der Waals surface area contributed by atoms with Crippen LogP contribution in [0.2, 0.25) is 0 Å². The van der Waals surface area contributed by atoms with Gasteiger partial charge in [-0.2, -0.15) is 0 Å². The smallest absolute Gasteiger partial charge is 0.0860 e. The molecule has 0 N–H and O–H groups in total. The van der Waals surface area contributed by atoms with Crippen LogP contribution in [-0.4, -0.2) is 12.2 Å². The highest BCUT2D eigenvalue weighted by molar-refractivity contribution is 5.08. The summed E-state index contributed by atoms with van der Waals surface area (Å²) in [5, 5.41) is 0. The van der Waals surface area contributed by atoms with Crippen LogP contribution in [0.25, 0.3) is 0 Å². The van der Waals surface area contributed by atoms with Crippen molar-refractivity contribution in [1.82, 2.24) is 0 Å². The SMILES string of the molecule is C=CC12CCC(C(C)C)(CC1)CO2. The van der Waals surface area contributed by atoms with Gasteiger partial charge in [0.05, 0.1) is 12.2 Å². The Kier molecular flexibility index (Phi) is 2.03. The lowest BCUT2D eigenvalue weighted by molar-refractivity contribution is -0.172. The van der Waals surface area contributed by atoms with Crippen LogP contribution in [-0.2, 0) is 4.74 Å². The molecule has 0 aromatic heterocycles. The van der Waals surface area contributed by atoms with Crippen LogP contribution in [0, 0.1) is 11.3 Å². The Balaban J connectivity index is 2.15. The lowest BCUT2D eigenvalue weighted by Crippen LogP contribution is -2.52. The van der Waals surface area contributed by atoms with Crippen molar-refractivity contribution >= 4 is 0 Å². The molecule has 2 bridgehead atoms. The molecule has 0 aromatic carbocycles. The van der Waals surface area contributed by atoms with Gasteiger partial charge in [0.25, 0.3) is 0 Å². The fraction of sp³-hybridized carbons (Fsp3) is 0.833. The van der Waals surface area contributed by atoms with Crippen molar-refractivity contribution < 1.29 is 4.74 Å². The topological polar surface area (TPSA) is 9.23 Å². The van der Waals surface area contributed by atoms with Crippen LogP contribution < -0.4 is 0 Å². The molecule has 0 amide bonds. The van der Waals surface area contributed by atoms with Gasteiger partial charge in [-0.25, -0.2) is 0 Å². The Morgan fingerprint density at radius 3 is 2.15 bits per heavy atom. The molecule has 0 atom stereocenters. The van der Waals surface area contributed by atoms with Gasteiger partial charge >= 0.3 is 0 Å². The van der Waals surface area contributed by atoms with Gasteiger partial charge in [-0.15, -0.1) is 6.58 Å². The van der Waals surface area contributed by atoms with E-state index in [0.717, 1.165) is 12.5 Å². The largest absolute Gasteiger partial charge is 0.370 e. The van der Waals surface area contributed by atoms with Crippen molar-refractivity contribution in [3.63, 3.8) is 0 Å². The summed E-state index contributed by atoms with van der Waals surface area (Å²) < 4.78 is 5.96. The number of hydrogen-bond donors (Lipinski definition) is 0. The van der Waals surface area contributed by atoms with Crippen LogP contribution in [0.4, 0.5) is 0 Å². The van der Waals surface area contributed by atoms with Crippen LogP contribution in [0.1, 0.15) is 39.5 Å². The third kappa shape index (κ3) is 1.25. The molecule has 74 valence electrons. The van der Waals surface area contributed by atoms with Gasteiger partial charge in [0.1, 0.15) is 0 Å². The highest BCUT2D eigenvalue weighted by Gasteiger charge is 2.49. The highest BCUT2D eigenvalue weighted by atomic mass is 16.5. The summed E-state index contributed by atoms with van der Waals surface area (Å²) in [6.45, 7) is 9.51. The van der Waals surface area contributed by atoms with Gasteiger partial charge in [0.2, 0.25) is 0 Å². The lowest BCUT2D eigenvalue weighted by Gasteiger charge is -2.54. The molecule has 1 nitrogen and oxygen atoms in total. The second-order valence-corrected chi connectivity index (χ2v) is 5.07. The van der Waals surface area contributed by atoms with E-state index in [1.54, 1.807) is 0 Å². The molecule has 13 heavy (non-hydrogen) atoms. The van der Waals surface area contributed by atoms with Crippen molar-refractivity contribution in [2.45, 2.75) is 45.1 Å². The first-order valence-electron chi connectivity index (χ1n) is 5.40. The molecule has 2 heterocycles. The van der Waals surface area contributed by atoms with Gasteiger partial charge in [0.15, 0.2) is 0 Å². The van der Waals surface area contributed by atoms with E-state index in [9.17, 15) is 0 Å². The summed E-state index contributed by atoms with van der Waals surface area (Å²) in [5.74, 6) is 0.760. The molecular formula is C12H20O. The number of fused-ring (bicyclic) bond motifs is 3. The van der Waals surface area contributed by atoms with E-state index in [-0.39, 0.29) is 5.60 Å². The van der Waals surface area contributed by atoms with Crippen LogP contribution in [0.3, 0.4) is 0 Å². The maximum absolute atomic E-state index is 5.96. The van der Waals surface area contributed by atoms with E-state index in [1.165, 1.54) is 25.7 Å². The van der Waals surface area contributed by atoms with Crippen LogP contribution in [0.5, 0.6) is 0 Å². The van der Waals surface area contributed by atoms with Gasteiger partial charge in [-0.1, -0.05) is 19.9 Å². The second-order valence-electron chi connectivity index (χ2n) is 5.07. The first kappa shape index (κ1) is 9.26. The normalized spacial score (nSPS) is 43.9. The van der Waals surface area contributed by atoms with Crippen molar-refractivity contribution in [3.8, 4) is 0 Å². The highest BCUT2D eigenvalue weighted by Crippen LogP contribution is 2.52. The number of hydrogen-bond acceptors (Lipinski definition) is 1. The fourth-order valence-corrected chi connectivity index (χ4v) is 2.75. The summed E-state index contributed by atoms with van der Waals surface area (Å²) >= 11 is 0. The standard InChI is InChI=1S/C12H20O/c1-4-12-7-5-11(6-8-12,9-13-12)10(2)3/h4,10H,1,5-9H2,2-3H3. The van der Waals surface area contributed by atoms with E-state index < -0.39 is 0 Å². The van der Waals surface area contributed by atoms with Gasteiger partial charge in [-0.3, -0.25) is 0 Å². The average Bonchev–Trinajstić information content (AvgIpc) is 2.20. The predicted molar refractivity (Wildman–Crippen MR) is 54.6 cm³/mol. The van der Waals surface area contributed by atoms with Crippen molar-refractivity contribution in [3.05, 3.63) is 12.7 Å². The van der Waals surface area contributed by atoms with E-state index in [1.807, 2.05) is 6.08 Å². The number of rotatable bonds is 2. The van der Waals surface area contributed by atoms with Gasteiger partial charge < -0.3 is 4.74 Å². The summed E-state index contributed by atoms with van der Waals surface area (Å²) in [6.07, 6.45) is 7.06. The molecule has 0 radical (unpaired) electrons. The van der Waals surface area contributed by atoms with Crippen molar-refractivity contribution in [1.29, 1.82) is 0 Å². The molecule has 3 aliphatic rings. The molecule has 0 aromatic rings. The Morgan fingerprint density at radius 1 is 1.23 bits per heavy atom. The molecule has 0 spiro atoms. The molecule has 0 unspecified atom stereocenters. The van der Waals surface area contributed by atoms with Crippen molar-refractivity contribution in [2.24, 2.45) is 11.3 Å². The van der Waals surface area contributed by atoms with Crippen molar-refractivity contribution in [2.75, 3.05) is 6.61 Å². The summed E-state index contributed by atoms with van der Waals surface area (Å²) in [7, 11) is 0. The van der Waals surface area contributed by atoms with Gasteiger partial charge in [-0.05, 0) is 37.0 Å². The zero-order valence-electron chi connectivity index (χ0n) is 8.81. The monoisotopic (exact) mass is 180 g/mol. The molecule has 3 fully saturated rings. The van der Waals surface area contributed by atoms with E-state index in [2.05, 4.69) is 20.4 Å². The minimum Gasteiger partial charge on any atom is -0.370 e. The average molecular weight is 180 g/mol. The maximum atomic E-state index is 5.96. The Morgan fingerprint density at radius 2 is 1.85 bits per heavy atom. The second kappa shape index (κ2) is 2.84. The summed E-state index contributed by atoms with van der Waals surface area (Å²) in [5.41, 5.74) is 0.543. The zero-order valence-corrected chi connectivity index (χ0v) is 8.81. The maximum Gasteiger partial charge on any atom is 0.0860 e. The zero-order chi connectivity index (χ0) is 9.53. The molecular weight excluding hydrogens is 160 g/mol. The van der Waals surface area contributed by atoms with E-state index in [0.29, 0.717) is 5.41 Å². The minimum absolute atomic E-state index is 0.0522. The predicted octanol–water partition coefficient (Wildman–Crippen LogP) is 3.16. The lowest BCUT2D eigenvalue weighted by atomic mass is 9.61. The fourth-order valence-electron chi connectivity index (χ4n) is 2.75. The molecule has 3 rings (SSSR count). The third-order valence-corrected chi connectivity index (χ3v) is 4.34.